The molecule has 0 aromatic carbocycles. The third-order valence-corrected chi connectivity index (χ3v) is 4.17. The molecule has 1 unspecified atom stereocenters. The van der Waals surface area contributed by atoms with Gasteiger partial charge < -0.3 is 10.6 Å². The third kappa shape index (κ3) is 3.80. The Hall–Kier alpha value is -1.92. The SMILES string of the molecule is CCC(Nc1nc(NC)ncc1[N+](=O)[O-])C1CCCCC1. The Morgan fingerprint density at radius 3 is 2.71 bits per heavy atom. The minimum atomic E-state index is -0.435. The zero-order valence-electron chi connectivity index (χ0n) is 12.6. The second kappa shape index (κ2) is 7.19. The molecule has 116 valence electrons. The molecular weight excluding hydrogens is 270 g/mol. The van der Waals surface area contributed by atoms with Crippen LogP contribution in [-0.2, 0) is 0 Å². The van der Waals surface area contributed by atoms with Gasteiger partial charge >= 0.3 is 5.69 Å². The second-order valence-corrected chi connectivity index (χ2v) is 5.49. The number of hydrogen-bond acceptors (Lipinski definition) is 6. The molecule has 1 aromatic heterocycles. The second-order valence-electron chi connectivity index (χ2n) is 5.49. The predicted octanol–water partition coefficient (Wildman–Crippen LogP) is 3.20. The molecule has 0 aliphatic heterocycles. The molecule has 0 bridgehead atoms. The summed E-state index contributed by atoms with van der Waals surface area (Å²) in [5, 5.41) is 17.2. The van der Waals surface area contributed by atoms with Crippen molar-refractivity contribution < 1.29 is 4.92 Å². The molecule has 1 aromatic rings. The lowest BCUT2D eigenvalue weighted by Gasteiger charge is -2.30. The fraction of sp³-hybridized carbons (Fsp3) is 0.714. The van der Waals surface area contributed by atoms with E-state index in [-0.39, 0.29) is 11.7 Å². The number of nitrogens with one attached hydrogen (secondary N) is 2. The summed E-state index contributed by atoms with van der Waals surface area (Å²) in [6.45, 7) is 2.11. The lowest BCUT2D eigenvalue weighted by Crippen LogP contribution is -2.30. The molecule has 2 N–H and O–H groups in total. The van der Waals surface area contributed by atoms with Crippen molar-refractivity contribution in [3.05, 3.63) is 16.3 Å². The van der Waals surface area contributed by atoms with Crippen molar-refractivity contribution in [3.8, 4) is 0 Å². The summed E-state index contributed by atoms with van der Waals surface area (Å²) in [5.74, 6) is 1.27. The third-order valence-electron chi connectivity index (χ3n) is 4.17. The maximum Gasteiger partial charge on any atom is 0.329 e. The average Bonchev–Trinajstić information content (AvgIpc) is 2.53. The first kappa shape index (κ1) is 15.5. The standard InChI is InChI=1S/C14H23N5O2/c1-3-11(10-7-5-4-6-8-10)17-13-12(19(20)21)9-16-14(15-2)18-13/h9-11H,3-8H2,1-2H3,(H2,15,16,17,18). The zero-order chi connectivity index (χ0) is 15.2. The van der Waals surface area contributed by atoms with Crippen molar-refractivity contribution in [3.63, 3.8) is 0 Å². The van der Waals surface area contributed by atoms with Crippen LogP contribution >= 0.6 is 0 Å². The van der Waals surface area contributed by atoms with Crippen LogP contribution < -0.4 is 10.6 Å². The molecule has 1 saturated carbocycles. The van der Waals surface area contributed by atoms with Crippen molar-refractivity contribution in [2.24, 2.45) is 5.92 Å². The maximum atomic E-state index is 11.1. The highest BCUT2D eigenvalue weighted by atomic mass is 16.6. The van der Waals surface area contributed by atoms with Gasteiger partial charge in [-0.05, 0) is 25.2 Å². The van der Waals surface area contributed by atoms with E-state index in [0.29, 0.717) is 17.7 Å². The highest BCUT2D eigenvalue weighted by Crippen LogP contribution is 2.31. The molecule has 1 fully saturated rings. The van der Waals surface area contributed by atoms with E-state index in [4.69, 9.17) is 0 Å². The van der Waals surface area contributed by atoms with E-state index in [0.717, 1.165) is 6.42 Å². The first-order valence-electron chi connectivity index (χ1n) is 7.61. The smallest absolute Gasteiger partial charge is 0.329 e. The van der Waals surface area contributed by atoms with Crippen molar-refractivity contribution in [2.75, 3.05) is 17.7 Å². The van der Waals surface area contributed by atoms with Gasteiger partial charge in [-0.3, -0.25) is 10.1 Å². The number of rotatable bonds is 6. The minimum Gasteiger partial charge on any atom is -0.361 e. The molecule has 0 amide bonds. The van der Waals surface area contributed by atoms with Crippen molar-refractivity contribution >= 4 is 17.5 Å². The summed E-state index contributed by atoms with van der Waals surface area (Å²) in [6, 6.07) is 0.226. The molecule has 7 nitrogen and oxygen atoms in total. The van der Waals surface area contributed by atoms with Gasteiger partial charge in [0.1, 0.15) is 6.20 Å². The lowest BCUT2D eigenvalue weighted by molar-refractivity contribution is -0.384. The molecule has 0 spiro atoms. The van der Waals surface area contributed by atoms with E-state index >= 15 is 0 Å². The monoisotopic (exact) mass is 293 g/mol. The molecule has 2 rings (SSSR count). The van der Waals surface area contributed by atoms with Crippen LogP contribution in [0.2, 0.25) is 0 Å². The van der Waals surface area contributed by atoms with Crippen molar-refractivity contribution in [2.45, 2.75) is 51.5 Å². The molecule has 1 aliphatic carbocycles. The quantitative estimate of drug-likeness (QED) is 0.618. The summed E-state index contributed by atoms with van der Waals surface area (Å²) >= 11 is 0. The molecule has 1 atom stereocenters. The highest BCUT2D eigenvalue weighted by Gasteiger charge is 2.26. The van der Waals surface area contributed by atoms with Gasteiger partial charge in [-0.15, -0.1) is 0 Å². The first-order chi connectivity index (χ1) is 10.2. The molecule has 1 aliphatic rings. The molecule has 0 radical (unpaired) electrons. The van der Waals surface area contributed by atoms with E-state index < -0.39 is 4.92 Å². The summed E-state index contributed by atoms with van der Waals surface area (Å²) in [6.07, 6.45) is 8.35. The fourth-order valence-electron chi connectivity index (χ4n) is 3.00. The number of hydrogen-bond donors (Lipinski definition) is 2. The largest absolute Gasteiger partial charge is 0.361 e. The first-order valence-corrected chi connectivity index (χ1v) is 7.61. The van der Waals surface area contributed by atoms with Gasteiger partial charge in [-0.25, -0.2) is 4.98 Å². The van der Waals surface area contributed by atoms with Crippen LogP contribution in [0.25, 0.3) is 0 Å². The molecule has 7 heteroatoms. The average molecular weight is 293 g/mol. The van der Waals surface area contributed by atoms with E-state index in [1.807, 2.05) is 0 Å². The molecule has 0 saturated heterocycles. The van der Waals surface area contributed by atoms with Crippen molar-refractivity contribution in [1.82, 2.24) is 9.97 Å². The van der Waals surface area contributed by atoms with Crippen LogP contribution in [0.5, 0.6) is 0 Å². The number of aromatic nitrogens is 2. The summed E-state index contributed by atoms with van der Waals surface area (Å²) in [5.41, 5.74) is -0.0664. The van der Waals surface area contributed by atoms with Crippen LogP contribution in [-0.4, -0.2) is 28.0 Å². The number of nitro groups is 1. The van der Waals surface area contributed by atoms with E-state index in [1.54, 1.807) is 7.05 Å². The summed E-state index contributed by atoms with van der Waals surface area (Å²) in [4.78, 5) is 18.8. The van der Waals surface area contributed by atoms with Gasteiger partial charge in [-0.2, -0.15) is 4.98 Å². The topological polar surface area (TPSA) is 93.0 Å². The zero-order valence-corrected chi connectivity index (χ0v) is 12.6. The Bertz CT molecular complexity index is 488. The maximum absolute atomic E-state index is 11.1. The van der Waals surface area contributed by atoms with Crippen LogP contribution in [0.3, 0.4) is 0 Å². The van der Waals surface area contributed by atoms with Crippen LogP contribution in [0.1, 0.15) is 45.4 Å². The Labute approximate surface area is 124 Å². The number of nitrogens with zero attached hydrogens (tertiary/aromatic N) is 3. The fourth-order valence-corrected chi connectivity index (χ4v) is 3.00. The number of anilines is 2. The Morgan fingerprint density at radius 2 is 2.14 bits per heavy atom. The molecule has 1 heterocycles. The van der Waals surface area contributed by atoms with Gasteiger partial charge in [0, 0.05) is 13.1 Å². The lowest BCUT2D eigenvalue weighted by atomic mass is 9.83. The summed E-state index contributed by atoms with van der Waals surface area (Å²) < 4.78 is 0. The van der Waals surface area contributed by atoms with Crippen LogP contribution in [0.4, 0.5) is 17.5 Å². The van der Waals surface area contributed by atoms with Crippen LogP contribution in [0, 0.1) is 16.0 Å². The van der Waals surface area contributed by atoms with Gasteiger partial charge in [-0.1, -0.05) is 26.2 Å². The van der Waals surface area contributed by atoms with Gasteiger partial charge in [0.15, 0.2) is 0 Å². The van der Waals surface area contributed by atoms with Crippen LogP contribution in [0.15, 0.2) is 6.20 Å². The normalized spacial score (nSPS) is 17.2. The summed E-state index contributed by atoms with van der Waals surface area (Å²) in [7, 11) is 1.70. The predicted molar refractivity (Wildman–Crippen MR) is 82.5 cm³/mol. The Morgan fingerprint density at radius 1 is 1.43 bits per heavy atom. The Balaban J connectivity index is 2.20. The van der Waals surface area contributed by atoms with E-state index in [1.165, 1.54) is 38.3 Å². The van der Waals surface area contributed by atoms with Gasteiger partial charge in [0.05, 0.1) is 4.92 Å². The van der Waals surface area contributed by atoms with Gasteiger partial charge in [0.2, 0.25) is 11.8 Å². The van der Waals surface area contributed by atoms with Gasteiger partial charge in [0.25, 0.3) is 0 Å². The highest BCUT2D eigenvalue weighted by molar-refractivity contribution is 5.57. The molecule has 21 heavy (non-hydrogen) atoms. The molecular formula is C14H23N5O2. The van der Waals surface area contributed by atoms with E-state index in [9.17, 15) is 10.1 Å². The minimum absolute atomic E-state index is 0.0664. The van der Waals surface area contributed by atoms with E-state index in [2.05, 4.69) is 27.5 Å². The van der Waals surface area contributed by atoms with Crippen molar-refractivity contribution in [1.29, 1.82) is 0 Å². The Kier molecular flexibility index (Phi) is 5.30.